The highest BCUT2D eigenvalue weighted by molar-refractivity contribution is 7.26. The molecule has 0 radical (unpaired) electrons. The molecule has 0 rings (SSSR count). The predicted molar refractivity (Wildman–Crippen MR) is 36.5 cm³/mol. The zero-order valence-corrected chi connectivity index (χ0v) is 6.74. The van der Waals surface area contributed by atoms with Crippen molar-refractivity contribution in [1.82, 2.24) is 0 Å². The molecule has 0 aromatic carbocycles. The van der Waals surface area contributed by atoms with Crippen LogP contribution in [0.1, 0.15) is 13.8 Å². The van der Waals surface area contributed by atoms with Gasteiger partial charge in [0, 0.05) is 0 Å². The van der Waals surface area contributed by atoms with Gasteiger partial charge >= 0.3 is 5.97 Å². The summed E-state index contributed by atoms with van der Waals surface area (Å²) in [6, 6.07) is 0. The van der Waals surface area contributed by atoms with E-state index in [4.69, 9.17) is 0 Å². The summed E-state index contributed by atoms with van der Waals surface area (Å²) in [4.78, 5) is 10.6. The highest BCUT2D eigenvalue weighted by atomic mass is 31.1. The maximum Gasteiger partial charge on any atom is 0.315 e. The predicted octanol–water partition coefficient (Wildman–Crippen LogP) is 0.694. The van der Waals surface area contributed by atoms with E-state index in [2.05, 4.69) is 4.74 Å². The summed E-state index contributed by atoms with van der Waals surface area (Å²) in [5, 5.41) is 0. The van der Waals surface area contributed by atoms with Crippen LogP contribution in [-0.4, -0.2) is 18.2 Å². The molecule has 2 atom stereocenters. The molecular formula is C5H11O3P. The Bertz CT molecular complexity index is 113. The van der Waals surface area contributed by atoms with Gasteiger partial charge in [0.1, 0.15) is 5.66 Å². The Morgan fingerprint density at radius 3 is 2.67 bits per heavy atom. The Hall–Kier alpha value is -0.300. The number of esters is 1. The molecular weight excluding hydrogens is 139 g/mol. The second-order valence-corrected chi connectivity index (χ2v) is 2.95. The zero-order chi connectivity index (χ0) is 7.28. The van der Waals surface area contributed by atoms with Gasteiger partial charge in [0.25, 0.3) is 0 Å². The van der Waals surface area contributed by atoms with Crippen molar-refractivity contribution in [2.45, 2.75) is 19.5 Å². The number of rotatable bonds is 3. The van der Waals surface area contributed by atoms with Crippen LogP contribution in [0.2, 0.25) is 0 Å². The van der Waals surface area contributed by atoms with Gasteiger partial charge in [-0.25, -0.2) is 0 Å². The average Bonchev–Trinajstić information content (AvgIpc) is 1.87. The van der Waals surface area contributed by atoms with Crippen molar-refractivity contribution in [2.24, 2.45) is 0 Å². The summed E-state index contributed by atoms with van der Waals surface area (Å²) in [7, 11) is -1.03. The molecule has 0 fully saturated rings. The highest BCUT2D eigenvalue weighted by Crippen LogP contribution is 2.05. The molecule has 0 bridgehead atoms. The third kappa shape index (κ3) is 3.31. The van der Waals surface area contributed by atoms with Crippen LogP contribution in [0.3, 0.4) is 0 Å². The van der Waals surface area contributed by atoms with Gasteiger partial charge in [-0.3, -0.25) is 4.79 Å². The van der Waals surface area contributed by atoms with E-state index in [9.17, 15) is 9.36 Å². The van der Waals surface area contributed by atoms with Gasteiger partial charge < -0.3 is 9.30 Å². The van der Waals surface area contributed by atoms with Crippen molar-refractivity contribution in [3.8, 4) is 0 Å². The Kier molecular flexibility index (Phi) is 4.41. The van der Waals surface area contributed by atoms with Crippen molar-refractivity contribution in [3.63, 3.8) is 0 Å². The molecule has 0 aliphatic rings. The lowest BCUT2D eigenvalue weighted by molar-refractivity contribution is -0.142. The molecule has 0 heterocycles. The Morgan fingerprint density at radius 2 is 2.33 bits per heavy atom. The fourth-order valence-corrected chi connectivity index (χ4v) is 0.537. The molecule has 0 amide bonds. The van der Waals surface area contributed by atoms with Gasteiger partial charge in [0.05, 0.1) is 15.1 Å². The van der Waals surface area contributed by atoms with E-state index in [0.29, 0.717) is 6.61 Å². The lowest BCUT2D eigenvalue weighted by Gasteiger charge is -2.01. The van der Waals surface area contributed by atoms with Gasteiger partial charge in [-0.1, -0.05) is 0 Å². The second-order valence-electron chi connectivity index (χ2n) is 1.68. The number of carbonyl (C=O) groups excluding carboxylic acids is 1. The van der Waals surface area contributed by atoms with E-state index in [-0.39, 0.29) is 5.97 Å². The lowest BCUT2D eigenvalue weighted by atomic mass is 10.5. The Labute approximate surface area is 55.6 Å². The van der Waals surface area contributed by atoms with Crippen molar-refractivity contribution >= 4 is 14.4 Å². The molecule has 0 N–H and O–H groups in total. The first-order valence-corrected chi connectivity index (χ1v) is 3.98. The topological polar surface area (TPSA) is 43.4 Å². The van der Waals surface area contributed by atoms with E-state index in [1.807, 2.05) is 0 Å². The molecule has 0 saturated carbocycles. The molecule has 54 valence electrons. The molecule has 0 aliphatic carbocycles. The molecule has 4 heteroatoms. The van der Waals surface area contributed by atoms with Crippen LogP contribution >= 0.6 is 8.46 Å². The quantitative estimate of drug-likeness (QED) is 0.439. The first-order chi connectivity index (χ1) is 4.22. The standard InChI is InChI=1S/C5H11O3P/c1-3-8-5(6)4(2)9-7/h4H,3,9H2,1-2H3. The van der Waals surface area contributed by atoms with Crippen LogP contribution in [0, 0.1) is 0 Å². The van der Waals surface area contributed by atoms with E-state index < -0.39 is 14.1 Å². The summed E-state index contributed by atoms with van der Waals surface area (Å²) in [6.45, 7) is 3.69. The van der Waals surface area contributed by atoms with Crippen molar-refractivity contribution in [2.75, 3.05) is 6.61 Å². The number of hydrogen-bond acceptors (Lipinski definition) is 3. The summed E-state index contributed by atoms with van der Waals surface area (Å²) in [6.07, 6.45) is 0. The van der Waals surface area contributed by atoms with Crippen LogP contribution < -0.4 is 0 Å². The molecule has 0 spiro atoms. The van der Waals surface area contributed by atoms with Crippen molar-refractivity contribution in [1.29, 1.82) is 0 Å². The largest absolute Gasteiger partial charge is 0.465 e. The van der Waals surface area contributed by atoms with E-state index in [1.54, 1.807) is 13.8 Å². The van der Waals surface area contributed by atoms with Gasteiger partial charge in [-0.15, -0.1) is 0 Å². The molecule has 0 aromatic heterocycles. The third-order valence-corrected chi connectivity index (χ3v) is 1.54. The molecule has 0 aliphatic heterocycles. The molecule has 2 unspecified atom stereocenters. The van der Waals surface area contributed by atoms with Gasteiger partial charge in [-0.2, -0.15) is 0 Å². The molecule has 0 aromatic rings. The second kappa shape index (κ2) is 4.57. The monoisotopic (exact) mass is 150 g/mol. The van der Waals surface area contributed by atoms with Crippen LogP contribution in [-0.2, 0) is 14.1 Å². The SMILES string of the molecule is CCOC(=O)C(C)[PH2]=O. The van der Waals surface area contributed by atoms with Crippen LogP contribution in [0.5, 0.6) is 0 Å². The normalized spacial score (nSPS) is 14.0. The summed E-state index contributed by atoms with van der Waals surface area (Å²) in [5.41, 5.74) is -0.412. The van der Waals surface area contributed by atoms with Crippen molar-refractivity contribution in [3.05, 3.63) is 0 Å². The fourth-order valence-electron chi connectivity index (χ4n) is 0.329. The maximum absolute atomic E-state index is 10.6. The smallest absolute Gasteiger partial charge is 0.315 e. The third-order valence-electron chi connectivity index (χ3n) is 0.863. The van der Waals surface area contributed by atoms with E-state index in [1.165, 1.54) is 0 Å². The first-order valence-electron chi connectivity index (χ1n) is 2.84. The summed E-state index contributed by atoms with van der Waals surface area (Å²) < 4.78 is 14.7. The first kappa shape index (κ1) is 8.70. The fraction of sp³-hybridized carbons (Fsp3) is 0.800. The molecule has 9 heavy (non-hydrogen) atoms. The summed E-state index contributed by atoms with van der Waals surface area (Å²) >= 11 is 0. The van der Waals surface area contributed by atoms with E-state index >= 15 is 0 Å². The number of hydrogen-bond donors (Lipinski definition) is 0. The highest BCUT2D eigenvalue weighted by Gasteiger charge is 2.09. The Morgan fingerprint density at radius 1 is 1.78 bits per heavy atom. The molecule has 3 nitrogen and oxygen atoms in total. The lowest BCUT2D eigenvalue weighted by Crippen LogP contribution is -2.13. The van der Waals surface area contributed by atoms with Crippen LogP contribution in [0.4, 0.5) is 0 Å². The van der Waals surface area contributed by atoms with E-state index in [0.717, 1.165) is 0 Å². The van der Waals surface area contributed by atoms with Crippen LogP contribution in [0.15, 0.2) is 0 Å². The van der Waals surface area contributed by atoms with Gasteiger partial charge in [0.2, 0.25) is 0 Å². The zero-order valence-electron chi connectivity index (χ0n) is 5.59. The average molecular weight is 150 g/mol. The summed E-state index contributed by atoms with van der Waals surface area (Å²) in [5.74, 6) is -0.359. The minimum atomic E-state index is -1.03. The minimum Gasteiger partial charge on any atom is -0.465 e. The van der Waals surface area contributed by atoms with Crippen molar-refractivity contribution < 1.29 is 14.1 Å². The number of ether oxygens (including phenoxy) is 1. The Balaban J connectivity index is 3.58. The van der Waals surface area contributed by atoms with Crippen LogP contribution in [0.25, 0.3) is 0 Å². The molecule has 0 saturated heterocycles. The van der Waals surface area contributed by atoms with Gasteiger partial charge in [0.15, 0.2) is 0 Å². The minimum absolute atomic E-state index is 0.359. The number of carbonyl (C=O) groups is 1. The maximum atomic E-state index is 10.6. The van der Waals surface area contributed by atoms with Gasteiger partial charge in [-0.05, 0) is 13.8 Å².